The molecule has 0 bridgehead atoms. The second kappa shape index (κ2) is 5.98. The second-order valence-electron chi connectivity index (χ2n) is 4.84. The van der Waals surface area contributed by atoms with E-state index in [2.05, 4.69) is 12.2 Å². The van der Waals surface area contributed by atoms with Crippen LogP contribution in [-0.2, 0) is 4.79 Å². The van der Waals surface area contributed by atoms with Crippen molar-refractivity contribution in [2.75, 3.05) is 26.2 Å². The predicted octanol–water partition coefficient (Wildman–Crippen LogP) is 0.549. The van der Waals surface area contributed by atoms with Gasteiger partial charge in [0.25, 0.3) is 0 Å². The molecular weight excluding hydrogens is 226 g/mol. The Kier molecular flexibility index (Phi) is 4.33. The summed E-state index contributed by atoms with van der Waals surface area (Å²) in [5, 5.41) is 3.34. The van der Waals surface area contributed by atoms with Crippen molar-refractivity contribution >= 4 is 5.91 Å². The summed E-state index contributed by atoms with van der Waals surface area (Å²) in [5.74, 6) is -0.0615. The van der Waals surface area contributed by atoms with Crippen LogP contribution in [-0.4, -0.2) is 43.0 Å². The van der Waals surface area contributed by atoms with Gasteiger partial charge in [-0.1, -0.05) is 30.3 Å². The average Bonchev–Trinajstić information content (AvgIpc) is 2.41. The number of hydrogen-bond acceptors (Lipinski definition) is 3. The van der Waals surface area contributed by atoms with Crippen molar-refractivity contribution in [2.45, 2.75) is 18.9 Å². The third-order valence-electron chi connectivity index (χ3n) is 3.42. The summed E-state index contributed by atoms with van der Waals surface area (Å²) in [6, 6.07) is 10.2. The highest BCUT2D eigenvalue weighted by molar-refractivity contribution is 5.84. The van der Waals surface area contributed by atoms with Gasteiger partial charge >= 0.3 is 0 Å². The van der Waals surface area contributed by atoms with Crippen molar-refractivity contribution in [3.8, 4) is 0 Å². The van der Waals surface area contributed by atoms with E-state index in [-0.39, 0.29) is 11.8 Å². The summed E-state index contributed by atoms with van der Waals surface area (Å²) in [5.41, 5.74) is 6.79. The summed E-state index contributed by atoms with van der Waals surface area (Å²) in [6.07, 6.45) is 0. The fourth-order valence-electron chi connectivity index (χ4n) is 2.42. The highest BCUT2D eigenvalue weighted by Gasteiger charge is 2.27. The maximum absolute atomic E-state index is 12.5. The van der Waals surface area contributed by atoms with Gasteiger partial charge in [-0.25, -0.2) is 0 Å². The van der Waals surface area contributed by atoms with E-state index in [1.807, 2.05) is 35.2 Å². The molecule has 0 aliphatic carbocycles. The molecule has 1 amide bonds. The lowest BCUT2D eigenvalue weighted by molar-refractivity contribution is -0.133. The zero-order valence-corrected chi connectivity index (χ0v) is 10.8. The van der Waals surface area contributed by atoms with E-state index in [1.54, 1.807) is 0 Å². The summed E-state index contributed by atoms with van der Waals surface area (Å²) < 4.78 is 0. The molecule has 4 heteroatoms. The molecule has 1 saturated heterocycles. The molecule has 0 radical (unpaired) electrons. The SMILES string of the molecule is CC1CN(C(=O)C(CN)c2ccccc2)CCN1. The van der Waals surface area contributed by atoms with Crippen LogP contribution in [0.1, 0.15) is 18.4 Å². The fourth-order valence-corrected chi connectivity index (χ4v) is 2.42. The van der Waals surface area contributed by atoms with Crippen molar-refractivity contribution < 1.29 is 4.79 Å². The minimum Gasteiger partial charge on any atom is -0.339 e. The Labute approximate surface area is 108 Å². The van der Waals surface area contributed by atoms with Gasteiger partial charge in [-0.15, -0.1) is 0 Å². The number of rotatable bonds is 3. The third-order valence-corrected chi connectivity index (χ3v) is 3.42. The van der Waals surface area contributed by atoms with Crippen LogP contribution in [0.3, 0.4) is 0 Å². The first-order valence-electron chi connectivity index (χ1n) is 6.49. The first-order chi connectivity index (χ1) is 8.72. The van der Waals surface area contributed by atoms with Gasteiger partial charge in [-0.3, -0.25) is 4.79 Å². The van der Waals surface area contributed by atoms with Gasteiger partial charge in [-0.2, -0.15) is 0 Å². The molecule has 4 nitrogen and oxygen atoms in total. The van der Waals surface area contributed by atoms with Crippen LogP contribution < -0.4 is 11.1 Å². The molecule has 2 unspecified atom stereocenters. The largest absolute Gasteiger partial charge is 0.339 e. The molecule has 18 heavy (non-hydrogen) atoms. The number of carbonyl (C=O) groups is 1. The van der Waals surface area contributed by atoms with Gasteiger partial charge < -0.3 is 16.0 Å². The maximum Gasteiger partial charge on any atom is 0.231 e. The van der Waals surface area contributed by atoms with E-state index >= 15 is 0 Å². The highest BCUT2D eigenvalue weighted by atomic mass is 16.2. The van der Waals surface area contributed by atoms with Crippen LogP contribution in [0, 0.1) is 0 Å². The van der Waals surface area contributed by atoms with Gasteiger partial charge in [0.1, 0.15) is 0 Å². The molecule has 2 rings (SSSR count). The molecule has 1 aromatic rings. The van der Waals surface area contributed by atoms with Crippen molar-refractivity contribution in [3.05, 3.63) is 35.9 Å². The van der Waals surface area contributed by atoms with E-state index in [1.165, 1.54) is 0 Å². The van der Waals surface area contributed by atoms with Gasteiger partial charge in [-0.05, 0) is 12.5 Å². The molecule has 1 aromatic carbocycles. The quantitative estimate of drug-likeness (QED) is 0.820. The molecule has 1 aliphatic rings. The first-order valence-corrected chi connectivity index (χ1v) is 6.49. The van der Waals surface area contributed by atoms with E-state index in [9.17, 15) is 4.79 Å². The van der Waals surface area contributed by atoms with Crippen LogP contribution in [0.5, 0.6) is 0 Å². The number of nitrogens with one attached hydrogen (secondary N) is 1. The lowest BCUT2D eigenvalue weighted by Gasteiger charge is -2.34. The Balaban J connectivity index is 2.10. The predicted molar refractivity (Wildman–Crippen MR) is 72.3 cm³/mol. The van der Waals surface area contributed by atoms with Gasteiger partial charge in [0.05, 0.1) is 5.92 Å². The number of benzene rings is 1. The molecule has 0 spiro atoms. The maximum atomic E-state index is 12.5. The van der Waals surface area contributed by atoms with Gasteiger partial charge in [0.15, 0.2) is 0 Å². The Morgan fingerprint density at radius 3 is 2.83 bits per heavy atom. The standard InChI is InChI=1S/C14H21N3O/c1-11-10-17(8-7-16-11)14(18)13(9-15)12-5-3-2-4-6-12/h2-6,11,13,16H,7-10,15H2,1H3. The molecule has 1 aliphatic heterocycles. The average molecular weight is 247 g/mol. The zero-order chi connectivity index (χ0) is 13.0. The summed E-state index contributed by atoms with van der Waals surface area (Å²) in [4.78, 5) is 14.4. The van der Waals surface area contributed by atoms with E-state index in [0.29, 0.717) is 12.6 Å². The number of nitrogens with two attached hydrogens (primary N) is 1. The number of hydrogen-bond donors (Lipinski definition) is 2. The molecular formula is C14H21N3O. The normalized spacial score (nSPS) is 21.7. The smallest absolute Gasteiger partial charge is 0.231 e. The van der Waals surface area contributed by atoms with Crippen LogP contribution >= 0.6 is 0 Å². The highest BCUT2D eigenvalue weighted by Crippen LogP contribution is 2.18. The van der Waals surface area contributed by atoms with Gasteiger partial charge in [0, 0.05) is 32.2 Å². The van der Waals surface area contributed by atoms with Crippen molar-refractivity contribution in [1.82, 2.24) is 10.2 Å². The Morgan fingerprint density at radius 1 is 1.50 bits per heavy atom. The second-order valence-corrected chi connectivity index (χ2v) is 4.84. The molecule has 0 aromatic heterocycles. The summed E-state index contributed by atoms with van der Waals surface area (Å²) >= 11 is 0. The lowest BCUT2D eigenvalue weighted by atomic mass is 9.97. The monoisotopic (exact) mass is 247 g/mol. The molecule has 0 saturated carbocycles. The number of piperazine rings is 1. The van der Waals surface area contributed by atoms with Crippen LogP contribution in [0.4, 0.5) is 0 Å². The molecule has 98 valence electrons. The van der Waals surface area contributed by atoms with Gasteiger partial charge in [0.2, 0.25) is 5.91 Å². The topological polar surface area (TPSA) is 58.4 Å². The molecule has 1 fully saturated rings. The van der Waals surface area contributed by atoms with Crippen molar-refractivity contribution in [1.29, 1.82) is 0 Å². The van der Waals surface area contributed by atoms with E-state index in [0.717, 1.165) is 25.2 Å². The third kappa shape index (κ3) is 2.89. The van der Waals surface area contributed by atoms with Crippen molar-refractivity contribution in [2.24, 2.45) is 5.73 Å². The molecule has 3 N–H and O–H groups in total. The Hall–Kier alpha value is -1.39. The first kappa shape index (κ1) is 13.1. The summed E-state index contributed by atoms with van der Waals surface area (Å²) in [6.45, 7) is 4.86. The molecule has 1 heterocycles. The van der Waals surface area contributed by atoms with Crippen LogP contribution in [0.2, 0.25) is 0 Å². The number of amides is 1. The summed E-state index contributed by atoms with van der Waals surface area (Å²) in [7, 11) is 0. The van der Waals surface area contributed by atoms with E-state index in [4.69, 9.17) is 5.73 Å². The van der Waals surface area contributed by atoms with Crippen LogP contribution in [0.25, 0.3) is 0 Å². The number of nitrogens with zero attached hydrogens (tertiary/aromatic N) is 1. The minimum absolute atomic E-state index is 0.150. The number of carbonyl (C=O) groups excluding carboxylic acids is 1. The fraction of sp³-hybridized carbons (Fsp3) is 0.500. The lowest BCUT2D eigenvalue weighted by Crippen LogP contribution is -2.53. The van der Waals surface area contributed by atoms with Crippen LogP contribution in [0.15, 0.2) is 30.3 Å². The van der Waals surface area contributed by atoms with E-state index < -0.39 is 0 Å². The minimum atomic E-state index is -0.212. The molecule has 2 atom stereocenters. The Bertz CT molecular complexity index is 393. The van der Waals surface area contributed by atoms with Crippen molar-refractivity contribution in [3.63, 3.8) is 0 Å². The zero-order valence-electron chi connectivity index (χ0n) is 10.8. The Morgan fingerprint density at radius 2 is 2.22 bits per heavy atom.